The number of nitrogens with two attached hydrogens (primary N) is 1. The average molecular weight is 253 g/mol. The largest absolute Gasteiger partial charge is 0.329 e. The zero-order chi connectivity index (χ0) is 13.4. The van der Waals surface area contributed by atoms with Crippen LogP contribution in [0.25, 0.3) is 0 Å². The predicted molar refractivity (Wildman–Crippen MR) is 77.7 cm³/mol. The first-order valence-electron chi connectivity index (χ1n) is 7.47. The van der Waals surface area contributed by atoms with Crippen LogP contribution in [0, 0.1) is 11.3 Å². The van der Waals surface area contributed by atoms with Gasteiger partial charge in [-0.15, -0.1) is 0 Å². The highest BCUT2D eigenvalue weighted by Crippen LogP contribution is 2.46. The van der Waals surface area contributed by atoms with Gasteiger partial charge < -0.3 is 10.6 Å². The van der Waals surface area contributed by atoms with Crippen LogP contribution in [0.15, 0.2) is 0 Å². The maximum atomic E-state index is 6.14. The van der Waals surface area contributed by atoms with Crippen molar-refractivity contribution < 1.29 is 0 Å². The molecular weight excluding hydrogens is 222 g/mol. The Kier molecular flexibility index (Phi) is 4.05. The topological polar surface area (TPSA) is 32.5 Å². The molecule has 1 aliphatic heterocycles. The maximum absolute atomic E-state index is 6.14. The van der Waals surface area contributed by atoms with Gasteiger partial charge in [-0.05, 0) is 57.7 Å². The molecule has 106 valence electrons. The molecule has 0 amide bonds. The number of hydrogen-bond acceptors (Lipinski definition) is 3. The smallest absolute Gasteiger partial charge is 0.0334 e. The summed E-state index contributed by atoms with van der Waals surface area (Å²) in [6.45, 7) is 9.34. The van der Waals surface area contributed by atoms with Gasteiger partial charge in [0.1, 0.15) is 0 Å². The lowest BCUT2D eigenvalue weighted by atomic mass is 9.86. The summed E-state index contributed by atoms with van der Waals surface area (Å²) in [6.07, 6.45) is 5.20. The van der Waals surface area contributed by atoms with Crippen molar-refractivity contribution in [3.05, 3.63) is 0 Å². The first-order chi connectivity index (χ1) is 8.37. The Hall–Kier alpha value is -0.120. The summed E-state index contributed by atoms with van der Waals surface area (Å²) in [7, 11) is 4.53. The van der Waals surface area contributed by atoms with Gasteiger partial charge >= 0.3 is 0 Å². The monoisotopic (exact) mass is 253 g/mol. The van der Waals surface area contributed by atoms with Gasteiger partial charge in [0.25, 0.3) is 0 Å². The van der Waals surface area contributed by atoms with E-state index in [4.69, 9.17) is 5.73 Å². The molecular formula is C15H31N3. The van der Waals surface area contributed by atoms with Crippen LogP contribution in [-0.2, 0) is 0 Å². The Morgan fingerprint density at radius 3 is 2.50 bits per heavy atom. The molecule has 2 N–H and O–H groups in total. The van der Waals surface area contributed by atoms with E-state index in [2.05, 4.69) is 37.7 Å². The van der Waals surface area contributed by atoms with Crippen molar-refractivity contribution in [1.29, 1.82) is 0 Å². The third kappa shape index (κ3) is 2.89. The number of hydrogen-bond donors (Lipinski definition) is 1. The minimum atomic E-state index is 0.269. The summed E-state index contributed by atoms with van der Waals surface area (Å²) in [5.41, 5.74) is 6.88. The van der Waals surface area contributed by atoms with Crippen molar-refractivity contribution in [2.75, 3.05) is 40.3 Å². The summed E-state index contributed by atoms with van der Waals surface area (Å²) < 4.78 is 0. The zero-order valence-corrected chi connectivity index (χ0v) is 12.7. The van der Waals surface area contributed by atoms with Crippen LogP contribution in [0.4, 0.5) is 0 Å². The van der Waals surface area contributed by atoms with Crippen molar-refractivity contribution in [3.8, 4) is 0 Å². The molecule has 0 spiro atoms. The van der Waals surface area contributed by atoms with Crippen LogP contribution in [0.2, 0.25) is 0 Å². The van der Waals surface area contributed by atoms with Gasteiger partial charge in [0.2, 0.25) is 0 Å². The molecule has 2 unspecified atom stereocenters. The third-order valence-corrected chi connectivity index (χ3v) is 5.29. The van der Waals surface area contributed by atoms with Crippen LogP contribution in [0.5, 0.6) is 0 Å². The van der Waals surface area contributed by atoms with Gasteiger partial charge in [0, 0.05) is 25.2 Å². The molecule has 1 saturated carbocycles. The fraction of sp³-hybridized carbons (Fsp3) is 1.00. The van der Waals surface area contributed by atoms with E-state index in [-0.39, 0.29) is 5.54 Å². The van der Waals surface area contributed by atoms with E-state index in [1.54, 1.807) is 0 Å². The molecule has 0 bridgehead atoms. The molecule has 18 heavy (non-hydrogen) atoms. The molecule has 1 aliphatic carbocycles. The molecule has 0 radical (unpaired) electrons. The van der Waals surface area contributed by atoms with Crippen LogP contribution in [0.3, 0.4) is 0 Å². The first kappa shape index (κ1) is 14.3. The molecule has 2 fully saturated rings. The Bertz CT molecular complexity index is 289. The quantitative estimate of drug-likeness (QED) is 0.829. The lowest BCUT2D eigenvalue weighted by molar-refractivity contribution is 0.101. The van der Waals surface area contributed by atoms with E-state index in [1.807, 2.05) is 0 Å². The summed E-state index contributed by atoms with van der Waals surface area (Å²) in [5, 5.41) is 0. The van der Waals surface area contributed by atoms with Gasteiger partial charge in [-0.25, -0.2) is 0 Å². The normalized spacial score (nSPS) is 36.7. The SMILES string of the molecule is CN1CCC(CN(C)C2(CN)CCC(C)(C)C2)C1. The maximum Gasteiger partial charge on any atom is 0.0334 e. The van der Waals surface area contributed by atoms with E-state index in [0.717, 1.165) is 12.5 Å². The molecule has 2 atom stereocenters. The van der Waals surface area contributed by atoms with Gasteiger partial charge in [-0.2, -0.15) is 0 Å². The van der Waals surface area contributed by atoms with Crippen molar-refractivity contribution in [1.82, 2.24) is 9.80 Å². The van der Waals surface area contributed by atoms with Crippen LogP contribution in [0.1, 0.15) is 39.5 Å². The third-order valence-electron chi connectivity index (χ3n) is 5.29. The summed E-state index contributed by atoms with van der Waals surface area (Å²) in [4.78, 5) is 5.04. The van der Waals surface area contributed by atoms with Crippen LogP contribution in [-0.4, -0.2) is 55.6 Å². The Balaban J connectivity index is 1.96. The second kappa shape index (κ2) is 5.10. The molecule has 1 heterocycles. The second-order valence-corrected chi connectivity index (χ2v) is 7.57. The van der Waals surface area contributed by atoms with Gasteiger partial charge in [-0.3, -0.25) is 4.90 Å². The van der Waals surface area contributed by atoms with Crippen molar-refractivity contribution in [2.45, 2.75) is 45.1 Å². The molecule has 3 heteroatoms. The van der Waals surface area contributed by atoms with Crippen molar-refractivity contribution >= 4 is 0 Å². The van der Waals surface area contributed by atoms with Gasteiger partial charge in [-0.1, -0.05) is 13.8 Å². The molecule has 0 aromatic carbocycles. The lowest BCUT2D eigenvalue weighted by Gasteiger charge is -2.40. The van der Waals surface area contributed by atoms with Crippen molar-refractivity contribution in [3.63, 3.8) is 0 Å². The number of rotatable bonds is 4. The van der Waals surface area contributed by atoms with Gasteiger partial charge in [0.15, 0.2) is 0 Å². The minimum Gasteiger partial charge on any atom is -0.329 e. The summed E-state index contributed by atoms with van der Waals surface area (Å²) >= 11 is 0. The zero-order valence-electron chi connectivity index (χ0n) is 12.7. The summed E-state index contributed by atoms with van der Waals surface area (Å²) in [5.74, 6) is 0.840. The predicted octanol–water partition coefficient (Wildman–Crippen LogP) is 1.78. The molecule has 1 saturated heterocycles. The van der Waals surface area contributed by atoms with E-state index in [9.17, 15) is 0 Å². The van der Waals surface area contributed by atoms with E-state index in [1.165, 1.54) is 45.3 Å². The molecule has 0 aromatic heterocycles. The number of likely N-dealkylation sites (tertiary alicyclic amines) is 1. The fourth-order valence-corrected chi connectivity index (χ4v) is 4.05. The van der Waals surface area contributed by atoms with Crippen LogP contribution >= 0.6 is 0 Å². The van der Waals surface area contributed by atoms with Gasteiger partial charge in [0.05, 0.1) is 0 Å². The molecule has 0 aromatic rings. The van der Waals surface area contributed by atoms with Crippen molar-refractivity contribution in [2.24, 2.45) is 17.1 Å². The van der Waals surface area contributed by atoms with E-state index >= 15 is 0 Å². The number of nitrogens with zero attached hydrogens (tertiary/aromatic N) is 2. The Morgan fingerprint density at radius 2 is 2.06 bits per heavy atom. The number of likely N-dealkylation sites (N-methyl/N-ethyl adjacent to an activating group) is 1. The Labute approximate surface area is 113 Å². The highest BCUT2D eigenvalue weighted by atomic mass is 15.2. The fourth-order valence-electron chi connectivity index (χ4n) is 4.05. The highest BCUT2D eigenvalue weighted by Gasteiger charge is 2.45. The van der Waals surface area contributed by atoms with E-state index < -0.39 is 0 Å². The highest BCUT2D eigenvalue weighted by molar-refractivity contribution is 5.01. The first-order valence-corrected chi connectivity index (χ1v) is 7.47. The van der Waals surface area contributed by atoms with Crippen LogP contribution < -0.4 is 5.73 Å². The second-order valence-electron chi connectivity index (χ2n) is 7.57. The standard InChI is InChI=1S/C15H31N3/c1-14(2)6-7-15(11-14,12-16)18(4)10-13-5-8-17(3)9-13/h13H,5-12,16H2,1-4H3. The van der Waals surface area contributed by atoms with E-state index in [0.29, 0.717) is 5.41 Å². The molecule has 2 aliphatic rings. The molecule has 2 rings (SSSR count). The molecule has 3 nitrogen and oxygen atoms in total. The minimum absolute atomic E-state index is 0.269. The summed E-state index contributed by atoms with van der Waals surface area (Å²) in [6, 6.07) is 0. The Morgan fingerprint density at radius 1 is 1.33 bits per heavy atom. The lowest BCUT2D eigenvalue weighted by Crippen LogP contribution is -2.52. The average Bonchev–Trinajstić information content (AvgIpc) is 2.83.